The van der Waals surface area contributed by atoms with Crippen LogP contribution in [0.5, 0.6) is 0 Å². The maximum Gasteiger partial charge on any atom is 0.233 e. The number of amides is 1. The molecule has 0 aromatic heterocycles. The van der Waals surface area contributed by atoms with Gasteiger partial charge in [-0.05, 0) is 55.8 Å². The van der Waals surface area contributed by atoms with Crippen LogP contribution in [0.3, 0.4) is 0 Å². The van der Waals surface area contributed by atoms with Crippen LogP contribution in [-0.4, -0.2) is 37.5 Å². The highest BCUT2D eigenvalue weighted by Gasteiger charge is 2.20. The lowest BCUT2D eigenvalue weighted by atomic mass is 9.91. The number of hydrogen-bond acceptors (Lipinski definition) is 2. The smallest absolute Gasteiger partial charge is 0.233 e. The van der Waals surface area contributed by atoms with E-state index in [4.69, 9.17) is 0 Å². The number of halogens is 1. The van der Waals surface area contributed by atoms with Crippen LogP contribution in [0.2, 0.25) is 0 Å². The van der Waals surface area contributed by atoms with Gasteiger partial charge in [0.05, 0.1) is 6.54 Å². The highest BCUT2D eigenvalue weighted by atomic mass is 19.1. The second kappa shape index (κ2) is 7.39. The molecule has 1 atom stereocenters. The highest BCUT2D eigenvalue weighted by molar-refractivity contribution is 5.77. The van der Waals surface area contributed by atoms with E-state index >= 15 is 0 Å². The van der Waals surface area contributed by atoms with Gasteiger partial charge in [-0.3, -0.25) is 9.69 Å². The molecule has 1 fully saturated rings. The SMILES string of the molecule is CNC(=O)CN1CCC[C@@H](CCc2ccc(F)cc2)C1. The van der Waals surface area contributed by atoms with E-state index in [-0.39, 0.29) is 11.7 Å². The Balaban J connectivity index is 1.78. The molecule has 4 heteroatoms. The Bertz CT molecular complexity index is 433. The molecule has 0 saturated carbocycles. The minimum absolute atomic E-state index is 0.0872. The van der Waals surface area contributed by atoms with Gasteiger partial charge in [0.15, 0.2) is 0 Å². The Labute approximate surface area is 120 Å². The lowest BCUT2D eigenvalue weighted by Crippen LogP contribution is -2.41. The second-order valence-corrected chi connectivity index (χ2v) is 5.58. The maximum absolute atomic E-state index is 12.8. The van der Waals surface area contributed by atoms with Gasteiger partial charge in [0.25, 0.3) is 0 Å². The number of likely N-dealkylation sites (tertiary alicyclic amines) is 1. The van der Waals surface area contributed by atoms with Gasteiger partial charge in [0.2, 0.25) is 5.91 Å². The van der Waals surface area contributed by atoms with Crippen LogP contribution < -0.4 is 5.32 Å². The number of nitrogens with one attached hydrogen (secondary N) is 1. The molecule has 1 saturated heterocycles. The lowest BCUT2D eigenvalue weighted by molar-refractivity contribution is -0.122. The summed E-state index contributed by atoms with van der Waals surface area (Å²) in [5.41, 5.74) is 1.19. The average molecular weight is 278 g/mol. The van der Waals surface area contributed by atoms with Gasteiger partial charge in [0.1, 0.15) is 5.82 Å². The summed E-state index contributed by atoms with van der Waals surface area (Å²) in [6.45, 7) is 2.51. The first-order valence-corrected chi connectivity index (χ1v) is 7.35. The monoisotopic (exact) mass is 278 g/mol. The molecule has 1 aromatic carbocycles. The number of likely N-dealkylation sites (N-methyl/N-ethyl adjacent to an activating group) is 1. The standard InChI is InChI=1S/C16H23FN2O/c1-18-16(20)12-19-10-2-3-14(11-19)5-4-13-6-8-15(17)9-7-13/h6-9,14H,2-5,10-12H2,1H3,(H,18,20)/t14-/m0/s1. The topological polar surface area (TPSA) is 32.3 Å². The van der Waals surface area contributed by atoms with E-state index in [9.17, 15) is 9.18 Å². The van der Waals surface area contributed by atoms with Gasteiger partial charge in [0, 0.05) is 13.6 Å². The van der Waals surface area contributed by atoms with Crippen LogP contribution in [0, 0.1) is 11.7 Å². The third-order valence-electron chi connectivity index (χ3n) is 4.00. The number of hydrogen-bond donors (Lipinski definition) is 1. The molecular formula is C16H23FN2O. The molecule has 1 N–H and O–H groups in total. The molecule has 20 heavy (non-hydrogen) atoms. The first-order valence-electron chi connectivity index (χ1n) is 7.35. The van der Waals surface area contributed by atoms with Crippen molar-refractivity contribution in [3.8, 4) is 0 Å². The third kappa shape index (κ3) is 4.60. The minimum atomic E-state index is -0.178. The van der Waals surface area contributed by atoms with Crippen LogP contribution >= 0.6 is 0 Å². The van der Waals surface area contributed by atoms with Gasteiger partial charge in [-0.2, -0.15) is 0 Å². The number of benzene rings is 1. The maximum atomic E-state index is 12.8. The average Bonchev–Trinajstić information content (AvgIpc) is 2.47. The molecule has 2 rings (SSSR count). The predicted molar refractivity (Wildman–Crippen MR) is 78.0 cm³/mol. The van der Waals surface area contributed by atoms with Crippen molar-refractivity contribution in [3.05, 3.63) is 35.6 Å². The van der Waals surface area contributed by atoms with E-state index in [1.54, 1.807) is 7.05 Å². The van der Waals surface area contributed by atoms with Crippen molar-refractivity contribution in [1.82, 2.24) is 10.2 Å². The molecule has 1 amide bonds. The highest BCUT2D eigenvalue weighted by Crippen LogP contribution is 2.21. The zero-order valence-electron chi connectivity index (χ0n) is 12.1. The van der Waals surface area contributed by atoms with E-state index in [1.807, 2.05) is 12.1 Å². The van der Waals surface area contributed by atoms with Crippen molar-refractivity contribution >= 4 is 5.91 Å². The molecule has 1 aromatic rings. The Morgan fingerprint density at radius 3 is 2.85 bits per heavy atom. The number of aryl methyl sites for hydroxylation is 1. The van der Waals surface area contributed by atoms with Crippen LogP contribution in [0.4, 0.5) is 4.39 Å². The molecule has 0 unspecified atom stereocenters. The summed E-state index contributed by atoms with van der Waals surface area (Å²) >= 11 is 0. The summed E-state index contributed by atoms with van der Waals surface area (Å²) in [4.78, 5) is 13.6. The van der Waals surface area contributed by atoms with Gasteiger partial charge >= 0.3 is 0 Å². The van der Waals surface area contributed by atoms with Crippen molar-refractivity contribution in [2.24, 2.45) is 5.92 Å². The fraction of sp³-hybridized carbons (Fsp3) is 0.562. The zero-order chi connectivity index (χ0) is 14.4. The van der Waals surface area contributed by atoms with E-state index < -0.39 is 0 Å². The minimum Gasteiger partial charge on any atom is -0.358 e. The van der Waals surface area contributed by atoms with Crippen molar-refractivity contribution < 1.29 is 9.18 Å². The Morgan fingerprint density at radius 2 is 2.15 bits per heavy atom. The molecule has 110 valence electrons. The molecule has 1 aliphatic heterocycles. The molecule has 0 spiro atoms. The van der Waals surface area contributed by atoms with Crippen LogP contribution in [-0.2, 0) is 11.2 Å². The fourth-order valence-electron chi connectivity index (χ4n) is 2.83. The van der Waals surface area contributed by atoms with E-state index in [0.29, 0.717) is 12.5 Å². The Hall–Kier alpha value is -1.42. The fourth-order valence-corrected chi connectivity index (χ4v) is 2.83. The van der Waals surface area contributed by atoms with E-state index in [0.717, 1.165) is 32.4 Å². The molecule has 0 bridgehead atoms. The summed E-state index contributed by atoms with van der Waals surface area (Å²) < 4.78 is 12.8. The quantitative estimate of drug-likeness (QED) is 0.895. The lowest BCUT2D eigenvalue weighted by Gasteiger charge is -2.32. The number of carbonyl (C=O) groups is 1. The summed E-state index contributed by atoms with van der Waals surface area (Å²) in [5.74, 6) is 0.547. The summed E-state index contributed by atoms with van der Waals surface area (Å²) in [6, 6.07) is 6.77. The number of carbonyl (C=O) groups excluding carboxylic acids is 1. The summed E-state index contributed by atoms with van der Waals surface area (Å²) in [7, 11) is 1.68. The van der Waals surface area contributed by atoms with E-state index in [1.165, 1.54) is 24.1 Å². The van der Waals surface area contributed by atoms with Crippen molar-refractivity contribution in [3.63, 3.8) is 0 Å². The third-order valence-corrected chi connectivity index (χ3v) is 4.00. The second-order valence-electron chi connectivity index (χ2n) is 5.58. The van der Waals surface area contributed by atoms with Gasteiger partial charge < -0.3 is 5.32 Å². The van der Waals surface area contributed by atoms with Crippen LogP contribution in [0.25, 0.3) is 0 Å². The molecule has 3 nitrogen and oxygen atoms in total. The predicted octanol–water partition coefficient (Wildman–Crippen LogP) is 2.22. The van der Waals surface area contributed by atoms with Crippen molar-refractivity contribution in [2.45, 2.75) is 25.7 Å². The Morgan fingerprint density at radius 1 is 1.40 bits per heavy atom. The normalized spacial score (nSPS) is 19.8. The van der Waals surface area contributed by atoms with Gasteiger partial charge in [-0.1, -0.05) is 12.1 Å². The first kappa shape index (κ1) is 15.0. The van der Waals surface area contributed by atoms with Gasteiger partial charge in [-0.15, -0.1) is 0 Å². The zero-order valence-corrected chi connectivity index (χ0v) is 12.1. The molecule has 0 radical (unpaired) electrons. The number of rotatable bonds is 5. The Kier molecular flexibility index (Phi) is 5.53. The number of piperidine rings is 1. The van der Waals surface area contributed by atoms with Crippen LogP contribution in [0.15, 0.2) is 24.3 Å². The van der Waals surface area contributed by atoms with Crippen molar-refractivity contribution in [2.75, 3.05) is 26.7 Å². The summed E-state index contributed by atoms with van der Waals surface area (Å²) in [6.07, 6.45) is 4.48. The van der Waals surface area contributed by atoms with E-state index in [2.05, 4.69) is 10.2 Å². The largest absolute Gasteiger partial charge is 0.358 e. The van der Waals surface area contributed by atoms with Crippen molar-refractivity contribution in [1.29, 1.82) is 0 Å². The van der Waals surface area contributed by atoms with Crippen LogP contribution in [0.1, 0.15) is 24.8 Å². The first-order chi connectivity index (χ1) is 9.67. The molecule has 1 aliphatic rings. The molecular weight excluding hydrogens is 255 g/mol. The van der Waals surface area contributed by atoms with Gasteiger partial charge in [-0.25, -0.2) is 4.39 Å². The number of nitrogens with zero attached hydrogens (tertiary/aromatic N) is 1. The molecule has 1 heterocycles. The summed E-state index contributed by atoms with van der Waals surface area (Å²) in [5, 5.41) is 2.67. The molecule has 0 aliphatic carbocycles.